The molecule has 0 saturated carbocycles. The number of ether oxygens (including phenoxy) is 1. The average Bonchev–Trinajstić information content (AvgIpc) is 3.06. The van der Waals surface area contributed by atoms with Gasteiger partial charge < -0.3 is 14.6 Å². The first-order chi connectivity index (χ1) is 11.7. The maximum atomic E-state index is 12.6. The van der Waals surface area contributed by atoms with Crippen LogP contribution in [0.15, 0.2) is 28.8 Å². The van der Waals surface area contributed by atoms with Gasteiger partial charge >= 0.3 is 0 Å². The molecule has 1 unspecified atom stereocenters. The lowest BCUT2D eigenvalue weighted by molar-refractivity contribution is 0.0468. The summed E-state index contributed by atoms with van der Waals surface area (Å²) in [6.07, 6.45) is 1.62. The van der Waals surface area contributed by atoms with E-state index in [0.717, 1.165) is 12.8 Å². The van der Waals surface area contributed by atoms with E-state index >= 15 is 0 Å². The number of aryl methyl sites for hydroxylation is 1. The molecule has 124 valence electrons. The van der Waals surface area contributed by atoms with Crippen LogP contribution in [-0.2, 0) is 4.74 Å². The monoisotopic (exact) mass is 326 g/mol. The van der Waals surface area contributed by atoms with Gasteiger partial charge in [0.1, 0.15) is 6.04 Å². The quantitative estimate of drug-likeness (QED) is 0.924. The van der Waals surface area contributed by atoms with Gasteiger partial charge in [-0.25, -0.2) is 0 Å². The van der Waals surface area contributed by atoms with Crippen molar-refractivity contribution in [2.45, 2.75) is 25.8 Å². The number of carbonyl (C=O) groups excluding carboxylic acids is 1. The molecule has 0 bridgehead atoms. The van der Waals surface area contributed by atoms with Crippen LogP contribution in [0.1, 0.15) is 46.5 Å². The van der Waals surface area contributed by atoms with E-state index in [4.69, 9.17) is 14.5 Å². The highest BCUT2D eigenvalue weighted by atomic mass is 16.5. The van der Waals surface area contributed by atoms with Crippen molar-refractivity contribution in [2.24, 2.45) is 5.92 Å². The van der Waals surface area contributed by atoms with Crippen LogP contribution in [0.4, 0.5) is 0 Å². The van der Waals surface area contributed by atoms with E-state index in [-0.39, 0.29) is 17.9 Å². The molecule has 1 aliphatic heterocycles. The zero-order chi connectivity index (χ0) is 16.9. The number of nitrogens with one attached hydrogen (secondary N) is 1. The molecule has 7 nitrogen and oxygen atoms in total. The number of rotatable bonds is 4. The summed E-state index contributed by atoms with van der Waals surface area (Å²) in [6, 6.07) is 8.26. The van der Waals surface area contributed by atoms with Crippen LogP contribution in [-0.4, -0.2) is 29.3 Å². The minimum absolute atomic E-state index is 0.168. The average molecular weight is 326 g/mol. The molecular weight excluding hydrogens is 308 g/mol. The molecule has 7 heteroatoms. The van der Waals surface area contributed by atoms with Crippen LogP contribution in [0.3, 0.4) is 0 Å². The number of hydrogen-bond donors (Lipinski definition) is 1. The summed E-state index contributed by atoms with van der Waals surface area (Å²) in [5.74, 6) is 0.841. The molecule has 1 aromatic heterocycles. The van der Waals surface area contributed by atoms with Gasteiger partial charge in [0, 0.05) is 18.8 Å². The summed E-state index contributed by atoms with van der Waals surface area (Å²) < 4.78 is 10.7. The number of nitriles is 1. The summed E-state index contributed by atoms with van der Waals surface area (Å²) in [6.45, 7) is 3.04. The van der Waals surface area contributed by atoms with Gasteiger partial charge in [-0.1, -0.05) is 11.2 Å². The van der Waals surface area contributed by atoms with Crippen molar-refractivity contribution >= 4 is 5.91 Å². The number of hydrogen-bond acceptors (Lipinski definition) is 6. The summed E-state index contributed by atoms with van der Waals surface area (Å²) in [7, 11) is 0. The third kappa shape index (κ3) is 3.60. The van der Waals surface area contributed by atoms with Crippen molar-refractivity contribution in [1.82, 2.24) is 15.5 Å². The molecule has 1 atom stereocenters. The van der Waals surface area contributed by atoms with Crippen LogP contribution in [0.25, 0.3) is 0 Å². The molecule has 3 rings (SSSR count). The molecule has 1 saturated heterocycles. The molecular formula is C17H18N4O3. The van der Waals surface area contributed by atoms with E-state index in [0.29, 0.717) is 36.1 Å². The first-order valence-corrected chi connectivity index (χ1v) is 7.86. The van der Waals surface area contributed by atoms with Crippen LogP contribution < -0.4 is 5.32 Å². The molecule has 1 aromatic carbocycles. The molecule has 1 fully saturated rings. The standard InChI is InChI=1S/C17H18N4O3/c1-11-19-17(24-21-11)15(13-5-7-23-8-6-13)20-16(22)14-4-2-3-12(9-14)10-18/h2-4,9,13,15H,5-8H2,1H3,(H,20,22). The maximum absolute atomic E-state index is 12.6. The third-order valence-corrected chi connectivity index (χ3v) is 4.09. The predicted molar refractivity (Wildman–Crippen MR) is 83.9 cm³/mol. The zero-order valence-electron chi connectivity index (χ0n) is 13.4. The Bertz CT molecular complexity index is 759. The predicted octanol–water partition coefficient (Wildman–Crippen LogP) is 2.15. The summed E-state index contributed by atoms with van der Waals surface area (Å²) in [5.41, 5.74) is 0.876. The van der Waals surface area contributed by atoms with Crippen LogP contribution >= 0.6 is 0 Å². The fraction of sp³-hybridized carbons (Fsp3) is 0.412. The number of nitrogens with zero attached hydrogens (tertiary/aromatic N) is 3. The SMILES string of the molecule is Cc1noc(C(NC(=O)c2cccc(C#N)c2)C2CCOCC2)n1. The van der Waals surface area contributed by atoms with E-state index in [1.807, 2.05) is 6.07 Å². The van der Waals surface area contributed by atoms with Crippen molar-refractivity contribution in [3.8, 4) is 6.07 Å². The second kappa shape index (κ2) is 7.23. The van der Waals surface area contributed by atoms with Gasteiger partial charge in [0.2, 0.25) is 5.89 Å². The van der Waals surface area contributed by atoms with Gasteiger partial charge in [-0.15, -0.1) is 0 Å². The van der Waals surface area contributed by atoms with Gasteiger partial charge in [0.15, 0.2) is 5.82 Å². The van der Waals surface area contributed by atoms with Crippen molar-refractivity contribution in [2.75, 3.05) is 13.2 Å². The number of aromatic nitrogens is 2. The molecule has 2 aromatic rings. The fourth-order valence-electron chi connectivity index (χ4n) is 2.82. The summed E-state index contributed by atoms with van der Waals surface area (Å²) >= 11 is 0. The van der Waals surface area contributed by atoms with Crippen molar-refractivity contribution in [3.05, 3.63) is 47.1 Å². The largest absolute Gasteiger partial charge is 0.381 e. The summed E-state index contributed by atoms with van der Waals surface area (Å²) in [5, 5.41) is 15.8. The lowest BCUT2D eigenvalue weighted by atomic mass is 9.91. The fourth-order valence-corrected chi connectivity index (χ4v) is 2.82. The number of carbonyl (C=O) groups is 1. The molecule has 1 N–H and O–H groups in total. The number of benzene rings is 1. The van der Waals surface area contributed by atoms with E-state index in [9.17, 15) is 4.79 Å². The van der Waals surface area contributed by atoms with Crippen LogP contribution in [0.2, 0.25) is 0 Å². The Morgan fingerprint density at radius 1 is 1.42 bits per heavy atom. The Balaban J connectivity index is 1.82. The highest BCUT2D eigenvalue weighted by molar-refractivity contribution is 5.94. The van der Waals surface area contributed by atoms with E-state index in [1.165, 1.54) is 0 Å². The second-order valence-corrected chi connectivity index (χ2v) is 5.77. The molecule has 2 heterocycles. The van der Waals surface area contributed by atoms with E-state index < -0.39 is 0 Å². The normalized spacial score (nSPS) is 16.3. The molecule has 1 aliphatic rings. The smallest absolute Gasteiger partial charge is 0.251 e. The minimum Gasteiger partial charge on any atom is -0.381 e. The highest BCUT2D eigenvalue weighted by Crippen LogP contribution is 2.29. The molecule has 0 radical (unpaired) electrons. The maximum Gasteiger partial charge on any atom is 0.251 e. The van der Waals surface area contributed by atoms with Gasteiger partial charge in [-0.05, 0) is 43.9 Å². The first-order valence-electron chi connectivity index (χ1n) is 7.86. The minimum atomic E-state index is -0.367. The topological polar surface area (TPSA) is 101 Å². The molecule has 24 heavy (non-hydrogen) atoms. The van der Waals surface area contributed by atoms with Gasteiger partial charge in [-0.3, -0.25) is 4.79 Å². The molecule has 1 amide bonds. The third-order valence-electron chi connectivity index (χ3n) is 4.09. The molecule has 0 aliphatic carbocycles. The molecule has 0 spiro atoms. The Labute approximate surface area is 139 Å². The number of amides is 1. The van der Waals surface area contributed by atoms with E-state index in [2.05, 4.69) is 15.5 Å². The summed E-state index contributed by atoms with van der Waals surface area (Å²) in [4.78, 5) is 16.9. The first kappa shape index (κ1) is 16.1. The lowest BCUT2D eigenvalue weighted by Crippen LogP contribution is -2.36. The second-order valence-electron chi connectivity index (χ2n) is 5.77. The van der Waals surface area contributed by atoms with E-state index in [1.54, 1.807) is 31.2 Å². The Kier molecular flexibility index (Phi) is 4.87. The van der Waals surface area contributed by atoms with Gasteiger partial charge in [0.05, 0.1) is 11.6 Å². The van der Waals surface area contributed by atoms with Crippen molar-refractivity contribution in [1.29, 1.82) is 5.26 Å². The van der Waals surface area contributed by atoms with Crippen LogP contribution in [0, 0.1) is 24.2 Å². The Morgan fingerprint density at radius 3 is 2.88 bits per heavy atom. The van der Waals surface area contributed by atoms with Gasteiger partial charge in [0.25, 0.3) is 5.91 Å². The van der Waals surface area contributed by atoms with Crippen molar-refractivity contribution < 1.29 is 14.1 Å². The Hall–Kier alpha value is -2.72. The van der Waals surface area contributed by atoms with Crippen molar-refractivity contribution in [3.63, 3.8) is 0 Å². The zero-order valence-corrected chi connectivity index (χ0v) is 13.4. The van der Waals surface area contributed by atoms with Crippen LogP contribution in [0.5, 0.6) is 0 Å². The lowest BCUT2D eigenvalue weighted by Gasteiger charge is -2.28. The van der Waals surface area contributed by atoms with Gasteiger partial charge in [-0.2, -0.15) is 10.2 Å². The Morgan fingerprint density at radius 2 is 2.21 bits per heavy atom. The highest BCUT2D eigenvalue weighted by Gasteiger charge is 2.31.